The van der Waals surface area contributed by atoms with E-state index in [1.165, 1.54) is 4.90 Å². The van der Waals surface area contributed by atoms with Crippen molar-refractivity contribution >= 4 is 18.0 Å². The summed E-state index contributed by atoms with van der Waals surface area (Å²) in [6.07, 6.45) is 1.26. The molecule has 0 bridgehead atoms. The molecule has 4 atom stereocenters. The van der Waals surface area contributed by atoms with Gasteiger partial charge in [-0.15, -0.1) is 0 Å². The monoisotopic (exact) mass is 478 g/mol. The molecule has 184 valence electrons. The molecule has 8 nitrogen and oxygen atoms in total. The number of nitrogens with one attached hydrogen (secondary N) is 1. The van der Waals surface area contributed by atoms with Gasteiger partial charge in [0.2, 0.25) is 5.91 Å². The first kappa shape index (κ1) is 23.4. The summed E-state index contributed by atoms with van der Waals surface area (Å²) in [5.41, 5.74) is 4.62. The molecule has 0 radical (unpaired) electrons. The van der Waals surface area contributed by atoms with E-state index in [0.717, 1.165) is 41.5 Å². The second kappa shape index (κ2) is 9.70. The van der Waals surface area contributed by atoms with Crippen LogP contribution in [0.2, 0.25) is 0 Å². The van der Waals surface area contributed by atoms with Crippen molar-refractivity contribution in [1.82, 2.24) is 10.2 Å². The standard InChI is InChI=1S/C27H30N2O6/c30-17-13-24(26(32)33)29(14-17)25(31)12-16-6-5-11-23(16)28-27(34)35-15-22-20-9-3-1-7-18(20)19-8-2-4-10-21(19)22/h1-4,7-10,16-17,22-24,30H,5-6,11-15H2,(H,28,34)(H,32,33)/t16-,17+,23+,24+/m0/s1. The van der Waals surface area contributed by atoms with Gasteiger partial charge in [-0.05, 0) is 41.0 Å². The van der Waals surface area contributed by atoms with Gasteiger partial charge in [-0.2, -0.15) is 0 Å². The average Bonchev–Trinajstić information content (AvgIpc) is 3.54. The van der Waals surface area contributed by atoms with Crippen LogP contribution < -0.4 is 5.32 Å². The second-order valence-electron chi connectivity index (χ2n) is 9.76. The number of β-amino-alcohol motifs (C(OH)–C–C–N with tert-alkyl or cyclic N) is 1. The highest BCUT2D eigenvalue weighted by molar-refractivity contribution is 5.84. The number of ether oxygens (including phenoxy) is 1. The third kappa shape index (κ3) is 4.62. The molecule has 2 fully saturated rings. The number of carboxylic acids is 1. The van der Waals surface area contributed by atoms with E-state index in [9.17, 15) is 24.6 Å². The van der Waals surface area contributed by atoms with E-state index in [2.05, 4.69) is 29.6 Å². The zero-order valence-electron chi connectivity index (χ0n) is 19.4. The van der Waals surface area contributed by atoms with Crippen molar-refractivity contribution in [1.29, 1.82) is 0 Å². The Morgan fingerprint density at radius 2 is 1.66 bits per heavy atom. The van der Waals surface area contributed by atoms with E-state index in [-0.39, 0.29) is 49.8 Å². The molecule has 2 aromatic rings. The van der Waals surface area contributed by atoms with Crippen LogP contribution in [0.4, 0.5) is 4.79 Å². The van der Waals surface area contributed by atoms with Crippen molar-refractivity contribution in [3.63, 3.8) is 0 Å². The molecule has 2 aliphatic carbocycles. The topological polar surface area (TPSA) is 116 Å². The number of fused-ring (bicyclic) bond motifs is 3. The molecular formula is C27H30N2O6. The maximum atomic E-state index is 12.8. The summed E-state index contributed by atoms with van der Waals surface area (Å²) in [6.45, 7) is 0.259. The molecule has 1 aliphatic heterocycles. The zero-order valence-corrected chi connectivity index (χ0v) is 19.4. The molecule has 2 amide bonds. The van der Waals surface area contributed by atoms with Crippen LogP contribution in [0.3, 0.4) is 0 Å². The van der Waals surface area contributed by atoms with E-state index >= 15 is 0 Å². The lowest BCUT2D eigenvalue weighted by molar-refractivity contribution is -0.148. The summed E-state index contributed by atoms with van der Waals surface area (Å²) in [4.78, 5) is 38.3. The lowest BCUT2D eigenvalue weighted by Gasteiger charge is -2.26. The number of nitrogens with zero attached hydrogens (tertiary/aromatic N) is 1. The number of aliphatic hydroxyl groups is 1. The molecule has 3 N–H and O–H groups in total. The smallest absolute Gasteiger partial charge is 0.407 e. The zero-order chi connectivity index (χ0) is 24.5. The van der Waals surface area contributed by atoms with Crippen molar-refractivity contribution in [3.8, 4) is 11.1 Å². The van der Waals surface area contributed by atoms with Crippen LogP contribution in [0.5, 0.6) is 0 Å². The number of hydrogen-bond donors (Lipinski definition) is 3. The highest BCUT2D eigenvalue weighted by Crippen LogP contribution is 2.44. The number of benzene rings is 2. The molecule has 35 heavy (non-hydrogen) atoms. The molecular weight excluding hydrogens is 448 g/mol. The normalized spacial score (nSPS) is 25.2. The SMILES string of the molecule is O=C(N[C@@H]1CCC[C@H]1CC(=O)N1C[C@H](O)C[C@@H]1C(=O)O)OCC1c2ccccc2-c2ccccc21. The van der Waals surface area contributed by atoms with Gasteiger partial charge in [0.15, 0.2) is 0 Å². The van der Waals surface area contributed by atoms with Crippen LogP contribution >= 0.6 is 0 Å². The van der Waals surface area contributed by atoms with E-state index in [1.807, 2.05) is 24.3 Å². The first-order valence-electron chi connectivity index (χ1n) is 12.2. The van der Waals surface area contributed by atoms with Gasteiger partial charge >= 0.3 is 12.1 Å². The summed E-state index contributed by atoms with van der Waals surface area (Å²) >= 11 is 0. The van der Waals surface area contributed by atoms with Crippen LogP contribution in [-0.4, -0.2) is 64.4 Å². The number of carbonyl (C=O) groups is 3. The molecule has 1 heterocycles. The molecule has 0 unspecified atom stereocenters. The maximum absolute atomic E-state index is 12.8. The fraction of sp³-hybridized carbons (Fsp3) is 0.444. The second-order valence-corrected chi connectivity index (χ2v) is 9.76. The largest absolute Gasteiger partial charge is 0.480 e. The lowest BCUT2D eigenvalue weighted by Crippen LogP contribution is -2.44. The van der Waals surface area contributed by atoms with Gasteiger partial charge in [0.25, 0.3) is 0 Å². The number of amides is 2. The highest BCUT2D eigenvalue weighted by atomic mass is 16.5. The number of likely N-dealkylation sites (tertiary alicyclic amines) is 1. The van der Waals surface area contributed by atoms with Crippen LogP contribution in [0.25, 0.3) is 11.1 Å². The number of hydrogen-bond acceptors (Lipinski definition) is 5. The summed E-state index contributed by atoms with van der Waals surface area (Å²) in [5, 5.41) is 22.2. The van der Waals surface area contributed by atoms with E-state index in [0.29, 0.717) is 0 Å². The maximum Gasteiger partial charge on any atom is 0.407 e. The Morgan fingerprint density at radius 1 is 1.00 bits per heavy atom. The van der Waals surface area contributed by atoms with Crippen molar-refractivity contribution < 1.29 is 29.3 Å². The summed E-state index contributed by atoms with van der Waals surface area (Å²) in [5.74, 6) is -1.51. The summed E-state index contributed by atoms with van der Waals surface area (Å²) in [7, 11) is 0. The van der Waals surface area contributed by atoms with Gasteiger partial charge in [0.05, 0.1) is 6.10 Å². The molecule has 3 aliphatic rings. The van der Waals surface area contributed by atoms with Crippen molar-refractivity contribution in [3.05, 3.63) is 59.7 Å². The number of aliphatic carboxylic acids is 1. The quantitative estimate of drug-likeness (QED) is 0.588. The van der Waals surface area contributed by atoms with E-state index in [4.69, 9.17) is 4.74 Å². The van der Waals surface area contributed by atoms with Gasteiger partial charge in [0.1, 0.15) is 12.6 Å². The van der Waals surface area contributed by atoms with Crippen molar-refractivity contribution in [2.75, 3.05) is 13.2 Å². The fourth-order valence-corrected chi connectivity index (χ4v) is 5.93. The molecule has 5 rings (SSSR count). The number of aliphatic hydroxyl groups excluding tert-OH is 1. The van der Waals surface area contributed by atoms with Gasteiger partial charge in [-0.25, -0.2) is 9.59 Å². The number of carboxylic acid groups (broad SMARTS) is 1. The lowest BCUT2D eigenvalue weighted by atomic mass is 9.98. The Labute approximate surface area is 203 Å². The molecule has 1 saturated carbocycles. The molecule has 0 spiro atoms. The third-order valence-electron chi connectivity index (χ3n) is 7.63. The Balaban J connectivity index is 1.18. The molecule has 1 saturated heterocycles. The van der Waals surface area contributed by atoms with Crippen molar-refractivity contribution in [2.45, 2.75) is 56.2 Å². The minimum absolute atomic E-state index is 0.0244. The summed E-state index contributed by atoms with van der Waals surface area (Å²) < 4.78 is 5.66. The van der Waals surface area contributed by atoms with Crippen LogP contribution in [0, 0.1) is 5.92 Å². The van der Waals surface area contributed by atoms with Crippen LogP contribution in [-0.2, 0) is 14.3 Å². The minimum Gasteiger partial charge on any atom is -0.480 e. The fourth-order valence-electron chi connectivity index (χ4n) is 5.93. The van der Waals surface area contributed by atoms with Crippen LogP contribution in [0.15, 0.2) is 48.5 Å². The van der Waals surface area contributed by atoms with Crippen LogP contribution in [0.1, 0.15) is 49.1 Å². The predicted octanol–water partition coefficient (Wildman–Crippen LogP) is 3.13. The van der Waals surface area contributed by atoms with Crippen molar-refractivity contribution in [2.24, 2.45) is 5.92 Å². The minimum atomic E-state index is -1.10. The van der Waals surface area contributed by atoms with Gasteiger partial charge in [0, 0.05) is 31.3 Å². The van der Waals surface area contributed by atoms with E-state index in [1.54, 1.807) is 0 Å². The summed E-state index contributed by atoms with van der Waals surface area (Å²) in [6, 6.07) is 15.1. The first-order valence-corrected chi connectivity index (χ1v) is 12.2. The van der Waals surface area contributed by atoms with Gasteiger partial charge < -0.3 is 25.2 Å². The Hall–Kier alpha value is -3.39. The third-order valence-corrected chi connectivity index (χ3v) is 7.63. The average molecular weight is 479 g/mol. The predicted molar refractivity (Wildman–Crippen MR) is 128 cm³/mol. The number of alkyl carbamates (subject to hydrolysis) is 1. The number of rotatable bonds is 6. The van der Waals surface area contributed by atoms with Gasteiger partial charge in [-0.1, -0.05) is 55.0 Å². The van der Waals surface area contributed by atoms with Gasteiger partial charge in [-0.3, -0.25) is 4.79 Å². The Morgan fingerprint density at radius 3 is 2.31 bits per heavy atom. The molecule has 2 aromatic carbocycles. The molecule has 0 aromatic heterocycles. The van der Waals surface area contributed by atoms with E-state index < -0.39 is 24.2 Å². The highest BCUT2D eigenvalue weighted by Gasteiger charge is 2.41. The molecule has 8 heteroatoms. The first-order chi connectivity index (χ1) is 16.9. The number of carbonyl (C=O) groups excluding carboxylic acids is 2. The Kier molecular flexibility index (Phi) is 6.47. The Bertz CT molecular complexity index is 1090.